The number of rotatable bonds is 6. The van der Waals surface area contributed by atoms with E-state index in [-0.39, 0.29) is 17.9 Å². The van der Waals surface area contributed by atoms with Crippen LogP contribution >= 0.6 is 0 Å². The zero-order valence-electron chi connectivity index (χ0n) is 16.9. The molecule has 8 heteroatoms. The standard InChI is InChI=1S/C21H25N5O3/c1-14-15(2)26-17-18(22-20(26)24(14)12-13-27)23(3)21(29)25(19(17)28)11-7-10-16-8-5-4-6-9-16/h4-6,8-9,27H,7,10-13H2,1-3H3. The molecule has 0 spiro atoms. The van der Waals surface area contributed by atoms with Gasteiger partial charge >= 0.3 is 5.69 Å². The minimum atomic E-state index is -0.362. The fourth-order valence-electron chi connectivity index (χ4n) is 3.97. The van der Waals surface area contributed by atoms with E-state index in [4.69, 9.17) is 0 Å². The highest BCUT2D eigenvalue weighted by Crippen LogP contribution is 2.20. The SMILES string of the molecule is Cc1c(C)n2c3c(=O)n(CCCc4ccccc4)c(=O)n(C)c3nc2n1CCO. The Morgan fingerprint density at radius 1 is 1.00 bits per heavy atom. The number of aromatic nitrogens is 5. The lowest BCUT2D eigenvalue weighted by atomic mass is 10.1. The average Bonchev–Trinajstić information content (AvgIpc) is 3.22. The first-order valence-corrected chi connectivity index (χ1v) is 9.78. The van der Waals surface area contributed by atoms with Gasteiger partial charge in [-0.15, -0.1) is 0 Å². The Balaban J connectivity index is 1.84. The molecule has 0 bridgehead atoms. The van der Waals surface area contributed by atoms with Gasteiger partial charge in [-0.2, -0.15) is 4.98 Å². The highest BCUT2D eigenvalue weighted by Gasteiger charge is 2.22. The lowest BCUT2D eigenvalue weighted by molar-refractivity contribution is 0.276. The second kappa shape index (κ2) is 7.36. The van der Waals surface area contributed by atoms with Gasteiger partial charge in [0, 0.05) is 31.5 Å². The molecule has 1 N–H and O–H groups in total. The zero-order valence-corrected chi connectivity index (χ0v) is 16.9. The zero-order chi connectivity index (χ0) is 20.7. The number of benzene rings is 1. The van der Waals surface area contributed by atoms with Crippen molar-refractivity contribution in [1.82, 2.24) is 23.1 Å². The van der Waals surface area contributed by atoms with E-state index in [2.05, 4.69) is 4.98 Å². The second-order valence-corrected chi connectivity index (χ2v) is 7.35. The Labute approximate surface area is 167 Å². The molecule has 29 heavy (non-hydrogen) atoms. The average molecular weight is 395 g/mol. The van der Waals surface area contributed by atoms with Crippen LogP contribution in [0.1, 0.15) is 23.4 Å². The predicted octanol–water partition coefficient (Wildman–Crippen LogP) is 1.39. The number of nitrogens with zero attached hydrogens (tertiary/aromatic N) is 5. The lowest BCUT2D eigenvalue weighted by Gasteiger charge is -2.08. The lowest BCUT2D eigenvalue weighted by Crippen LogP contribution is -2.39. The Hall–Kier alpha value is -3.13. The summed E-state index contributed by atoms with van der Waals surface area (Å²) in [5, 5.41) is 9.40. The van der Waals surface area contributed by atoms with Crippen LogP contribution in [0.5, 0.6) is 0 Å². The van der Waals surface area contributed by atoms with Gasteiger partial charge in [0.2, 0.25) is 5.78 Å². The normalized spacial score (nSPS) is 11.7. The van der Waals surface area contributed by atoms with E-state index in [0.717, 1.165) is 17.8 Å². The Kier molecular flexibility index (Phi) is 4.87. The number of imidazole rings is 2. The number of hydrogen-bond donors (Lipinski definition) is 1. The topological polar surface area (TPSA) is 86.5 Å². The third-order valence-corrected chi connectivity index (χ3v) is 5.64. The van der Waals surface area contributed by atoms with Crippen LogP contribution in [-0.2, 0) is 26.6 Å². The first-order chi connectivity index (χ1) is 14.0. The van der Waals surface area contributed by atoms with Crippen LogP contribution < -0.4 is 11.2 Å². The van der Waals surface area contributed by atoms with Crippen LogP contribution in [0.15, 0.2) is 39.9 Å². The maximum absolute atomic E-state index is 13.3. The van der Waals surface area contributed by atoms with Crippen molar-refractivity contribution in [3.63, 3.8) is 0 Å². The molecule has 152 valence electrons. The van der Waals surface area contributed by atoms with E-state index in [1.165, 1.54) is 14.7 Å². The van der Waals surface area contributed by atoms with Crippen molar-refractivity contribution in [2.45, 2.75) is 39.8 Å². The molecule has 0 aliphatic rings. The molecule has 8 nitrogen and oxygen atoms in total. The molecule has 4 aromatic rings. The third kappa shape index (κ3) is 3.00. The molecule has 0 aliphatic carbocycles. The predicted molar refractivity (Wildman–Crippen MR) is 112 cm³/mol. The minimum Gasteiger partial charge on any atom is -0.395 e. The summed E-state index contributed by atoms with van der Waals surface area (Å²) in [6, 6.07) is 10.0. The molecule has 0 fully saturated rings. The van der Waals surface area contributed by atoms with Crippen molar-refractivity contribution in [1.29, 1.82) is 0 Å². The van der Waals surface area contributed by atoms with Crippen LogP contribution in [0.3, 0.4) is 0 Å². The summed E-state index contributed by atoms with van der Waals surface area (Å²) in [7, 11) is 1.64. The Morgan fingerprint density at radius 2 is 1.72 bits per heavy atom. The Bertz CT molecular complexity index is 1310. The molecular formula is C21H25N5O3. The van der Waals surface area contributed by atoms with E-state index in [0.29, 0.717) is 36.5 Å². The number of fused-ring (bicyclic) bond motifs is 3. The highest BCUT2D eigenvalue weighted by molar-refractivity contribution is 5.76. The maximum Gasteiger partial charge on any atom is 0.332 e. The van der Waals surface area contributed by atoms with Gasteiger partial charge in [-0.3, -0.25) is 18.3 Å². The smallest absolute Gasteiger partial charge is 0.332 e. The first kappa shape index (κ1) is 19.2. The molecule has 0 saturated heterocycles. The van der Waals surface area contributed by atoms with Gasteiger partial charge in [0.1, 0.15) is 0 Å². The van der Waals surface area contributed by atoms with Crippen LogP contribution in [0.25, 0.3) is 16.9 Å². The van der Waals surface area contributed by atoms with Crippen LogP contribution in [-0.4, -0.2) is 34.8 Å². The number of aliphatic hydroxyl groups excluding tert-OH is 1. The summed E-state index contributed by atoms with van der Waals surface area (Å²) in [5.41, 5.74) is 3.07. The fraction of sp³-hybridized carbons (Fsp3) is 0.381. The number of aliphatic hydroxyl groups is 1. The number of hydrogen-bond acceptors (Lipinski definition) is 4. The van der Waals surface area contributed by atoms with E-state index in [9.17, 15) is 14.7 Å². The molecule has 0 radical (unpaired) electrons. The molecule has 0 aliphatic heterocycles. The van der Waals surface area contributed by atoms with Crippen molar-refractivity contribution in [2.24, 2.45) is 7.05 Å². The quantitative estimate of drug-likeness (QED) is 0.535. The van der Waals surface area contributed by atoms with Crippen molar-refractivity contribution < 1.29 is 5.11 Å². The maximum atomic E-state index is 13.3. The van der Waals surface area contributed by atoms with Gasteiger partial charge in [0.05, 0.1) is 6.61 Å². The van der Waals surface area contributed by atoms with E-state index in [1.807, 2.05) is 48.7 Å². The molecule has 0 atom stereocenters. The van der Waals surface area contributed by atoms with Crippen LogP contribution in [0, 0.1) is 13.8 Å². The summed E-state index contributed by atoms with van der Waals surface area (Å²) in [6.07, 6.45) is 1.48. The molecule has 0 amide bonds. The molecule has 1 aromatic carbocycles. The summed E-state index contributed by atoms with van der Waals surface area (Å²) >= 11 is 0. The highest BCUT2D eigenvalue weighted by atomic mass is 16.3. The molecule has 3 aromatic heterocycles. The van der Waals surface area contributed by atoms with Gasteiger partial charge in [-0.1, -0.05) is 30.3 Å². The van der Waals surface area contributed by atoms with Crippen molar-refractivity contribution in [3.05, 3.63) is 68.1 Å². The van der Waals surface area contributed by atoms with Gasteiger partial charge in [-0.25, -0.2) is 4.79 Å². The minimum absolute atomic E-state index is 0.0313. The van der Waals surface area contributed by atoms with Crippen molar-refractivity contribution >= 4 is 16.9 Å². The van der Waals surface area contributed by atoms with E-state index >= 15 is 0 Å². The molecule has 4 rings (SSSR count). The summed E-state index contributed by atoms with van der Waals surface area (Å²) < 4.78 is 6.41. The van der Waals surface area contributed by atoms with Gasteiger partial charge < -0.3 is 9.67 Å². The summed E-state index contributed by atoms with van der Waals surface area (Å²) in [6.45, 7) is 4.55. The molecule has 3 heterocycles. The van der Waals surface area contributed by atoms with Crippen molar-refractivity contribution in [2.75, 3.05) is 6.61 Å². The van der Waals surface area contributed by atoms with E-state index in [1.54, 1.807) is 11.4 Å². The summed E-state index contributed by atoms with van der Waals surface area (Å²) in [5.74, 6) is 0.568. The first-order valence-electron chi connectivity index (χ1n) is 9.78. The molecule has 0 saturated carbocycles. The van der Waals surface area contributed by atoms with Gasteiger partial charge in [-0.05, 0) is 32.3 Å². The Morgan fingerprint density at radius 3 is 2.41 bits per heavy atom. The van der Waals surface area contributed by atoms with Gasteiger partial charge in [0.15, 0.2) is 11.2 Å². The monoisotopic (exact) mass is 395 g/mol. The third-order valence-electron chi connectivity index (χ3n) is 5.64. The van der Waals surface area contributed by atoms with Gasteiger partial charge in [0.25, 0.3) is 5.56 Å². The summed E-state index contributed by atoms with van der Waals surface area (Å²) in [4.78, 5) is 30.7. The van der Waals surface area contributed by atoms with E-state index < -0.39 is 0 Å². The number of aryl methyl sites for hydroxylation is 3. The largest absolute Gasteiger partial charge is 0.395 e. The molecular weight excluding hydrogens is 370 g/mol. The van der Waals surface area contributed by atoms with Crippen molar-refractivity contribution in [3.8, 4) is 0 Å². The fourth-order valence-corrected chi connectivity index (χ4v) is 3.97. The van der Waals surface area contributed by atoms with Crippen LogP contribution in [0.2, 0.25) is 0 Å². The molecule has 0 unspecified atom stereocenters. The second-order valence-electron chi connectivity index (χ2n) is 7.35. The van der Waals surface area contributed by atoms with Crippen LogP contribution in [0.4, 0.5) is 0 Å².